The zero-order chi connectivity index (χ0) is 13.7. The Bertz CT molecular complexity index is 538. The number of hydrogen-bond acceptors (Lipinski definition) is 3. The summed E-state index contributed by atoms with van der Waals surface area (Å²) in [5.41, 5.74) is 8.13. The fourth-order valence-electron chi connectivity index (χ4n) is 4.24. The van der Waals surface area contributed by atoms with E-state index in [9.17, 15) is 4.79 Å². The third-order valence-electron chi connectivity index (χ3n) is 5.41. The number of amides is 1. The summed E-state index contributed by atoms with van der Waals surface area (Å²) in [7, 11) is 0. The molecule has 3 unspecified atom stereocenters. The SMILES string of the molecule is NC1CCC2CN(C(=O)c3cnn4c3CCCC4)CC12. The van der Waals surface area contributed by atoms with E-state index in [-0.39, 0.29) is 5.91 Å². The predicted octanol–water partition coefficient (Wildman–Crippen LogP) is 1.03. The molecule has 0 spiro atoms. The minimum Gasteiger partial charge on any atom is -0.338 e. The molecule has 3 aliphatic rings. The third kappa shape index (κ3) is 1.79. The summed E-state index contributed by atoms with van der Waals surface area (Å²) < 4.78 is 2.01. The number of carbonyl (C=O) groups is 1. The van der Waals surface area contributed by atoms with Gasteiger partial charge in [0.05, 0.1) is 17.5 Å². The fourth-order valence-corrected chi connectivity index (χ4v) is 4.24. The standard InChI is InChI=1S/C15H22N4O/c16-13-5-4-10-8-18(9-12(10)13)15(20)11-7-17-19-6-2-1-3-14(11)19/h7,10,12-13H,1-6,8-9,16H2. The Balaban J connectivity index is 1.55. The normalized spacial score (nSPS) is 32.2. The lowest BCUT2D eigenvalue weighted by Crippen LogP contribution is -2.34. The van der Waals surface area contributed by atoms with Crippen molar-refractivity contribution in [3.8, 4) is 0 Å². The molecule has 2 N–H and O–H groups in total. The minimum atomic E-state index is 0.176. The summed E-state index contributed by atoms with van der Waals surface area (Å²) in [5.74, 6) is 1.32. The number of fused-ring (bicyclic) bond motifs is 2. The molecule has 1 saturated heterocycles. The van der Waals surface area contributed by atoms with Crippen LogP contribution in [0.4, 0.5) is 0 Å². The van der Waals surface area contributed by atoms with Gasteiger partial charge in [-0.15, -0.1) is 0 Å². The molecule has 3 heterocycles. The van der Waals surface area contributed by atoms with E-state index in [2.05, 4.69) is 5.10 Å². The van der Waals surface area contributed by atoms with Gasteiger partial charge in [-0.3, -0.25) is 9.48 Å². The second-order valence-electron chi connectivity index (χ2n) is 6.56. The number of nitrogens with zero attached hydrogens (tertiary/aromatic N) is 3. The molecule has 20 heavy (non-hydrogen) atoms. The largest absolute Gasteiger partial charge is 0.338 e. The van der Waals surface area contributed by atoms with E-state index in [0.29, 0.717) is 17.9 Å². The van der Waals surface area contributed by atoms with Crippen LogP contribution in [0.3, 0.4) is 0 Å². The van der Waals surface area contributed by atoms with Crippen molar-refractivity contribution in [2.75, 3.05) is 13.1 Å². The van der Waals surface area contributed by atoms with Crippen LogP contribution < -0.4 is 5.73 Å². The Kier molecular flexibility index (Phi) is 2.84. The van der Waals surface area contributed by atoms with Gasteiger partial charge in [0.25, 0.3) is 5.91 Å². The highest BCUT2D eigenvalue weighted by molar-refractivity contribution is 5.95. The fraction of sp³-hybridized carbons (Fsp3) is 0.733. The van der Waals surface area contributed by atoms with Crippen molar-refractivity contribution in [2.45, 2.75) is 44.7 Å². The minimum absolute atomic E-state index is 0.176. The van der Waals surface area contributed by atoms with E-state index >= 15 is 0 Å². The van der Waals surface area contributed by atoms with Crippen LogP contribution in [0.15, 0.2) is 6.20 Å². The molecule has 108 valence electrons. The zero-order valence-electron chi connectivity index (χ0n) is 11.8. The van der Waals surface area contributed by atoms with Gasteiger partial charge in [0.1, 0.15) is 0 Å². The topological polar surface area (TPSA) is 64.2 Å². The van der Waals surface area contributed by atoms with Gasteiger partial charge in [-0.05, 0) is 43.9 Å². The Morgan fingerprint density at radius 1 is 1.30 bits per heavy atom. The number of hydrogen-bond donors (Lipinski definition) is 1. The third-order valence-corrected chi connectivity index (χ3v) is 5.41. The lowest BCUT2D eigenvalue weighted by atomic mass is 9.98. The van der Waals surface area contributed by atoms with E-state index < -0.39 is 0 Å². The summed E-state index contributed by atoms with van der Waals surface area (Å²) in [5, 5.41) is 4.38. The summed E-state index contributed by atoms with van der Waals surface area (Å²) in [6.07, 6.45) is 7.41. The highest BCUT2D eigenvalue weighted by Crippen LogP contribution is 2.37. The predicted molar refractivity (Wildman–Crippen MR) is 75.3 cm³/mol. The first-order valence-electron chi connectivity index (χ1n) is 7.83. The maximum absolute atomic E-state index is 12.7. The van der Waals surface area contributed by atoms with Crippen molar-refractivity contribution in [1.82, 2.24) is 14.7 Å². The van der Waals surface area contributed by atoms with Crippen molar-refractivity contribution >= 4 is 5.91 Å². The van der Waals surface area contributed by atoms with Crippen molar-refractivity contribution in [1.29, 1.82) is 0 Å². The van der Waals surface area contributed by atoms with Gasteiger partial charge >= 0.3 is 0 Å². The summed E-state index contributed by atoms with van der Waals surface area (Å²) in [6.45, 7) is 2.69. The van der Waals surface area contributed by atoms with E-state index in [4.69, 9.17) is 5.73 Å². The second kappa shape index (κ2) is 4.58. The van der Waals surface area contributed by atoms with Gasteiger partial charge in [-0.1, -0.05) is 0 Å². The molecule has 3 atom stereocenters. The molecule has 0 aromatic carbocycles. The molecule has 2 aliphatic heterocycles. The number of carbonyl (C=O) groups excluding carboxylic acids is 1. The smallest absolute Gasteiger partial charge is 0.257 e. The molecule has 5 heteroatoms. The lowest BCUT2D eigenvalue weighted by molar-refractivity contribution is 0.0778. The first-order valence-corrected chi connectivity index (χ1v) is 7.83. The summed E-state index contributed by atoms with van der Waals surface area (Å²) in [4.78, 5) is 14.8. The van der Waals surface area contributed by atoms with Gasteiger partial charge in [0.2, 0.25) is 0 Å². The number of rotatable bonds is 1. The number of aryl methyl sites for hydroxylation is 1. The monoisotopic (exact) mass is 274 g/mol. The number of likely N-dealkylation sites (tertiary alicyclic amines) is 1. The molecule has 5 nitrogen and oxygen atoms in total. The van der Waals surface area contributed by atoms with Crippen LogP contribution in [0.5, 0.6) is 0 Å². The van der Waals surface area contributed by atoms with Gasteiger partial charge in [0, 0.05) is 25.7 Å². The number of nitrogens with two attached hydrogens (primary N) is 1. The molecule has 4 rings (SSSR count). The van der Waals surface area contributed by atoms with E-state index in [1.807, 2.05) is 9.58 Å². The van der Waals surface area contributed by atoms with Crippen LogP contribution in [0.2, 0.25) is 0 Å². The molecule has 1 aromatic rings. The van der Waals surface area contributed by atoms with E-state index in [1.54, 1.807) is 6.20 Å². The molecule has 0 radical (unpaired) electrons. The summed E-state index contributed by atoms with van der Waals surface area (Å²) in [6, 6.07) is 0.291. The number of aromatic nitrogens is 2. The lowest BCUT2D eigenvalue weighted by Gasteiger charge is -2.20. The van der Waals surface area contributed by atoms with Crippen molar-refractivity contribution in [3.05, 3.63) is 17.5 Å². The van der Waals surface area contributed by atoms with Crippen LogP contribution in [0.25, 0.3) is 0 Å². The Morgan fingerprint density at radius 2 is 2.20 bits per heavy atom. The molecule has 1 amide bonds. The van der Waals surface area contributed by atoms with Crippen LogP contribution in [-0.2, 0) is 13.0 Å². The van der Waals surface area contributed by atoms with E-state index in [1.165, 1.54) is 19.3 Å². The van der Waals surface area contributed by atoms with Crippen LogP contribution in [-0.4, -0.2) is 39.7 Å². The highest BCUT2D eigenvalue weighted by atomic mass is 16.2. The van der Waals surface area contributed by atoms with Crippen molar-refractivity contribution < 1.29 is 4.79 Å². The van der Waals surface area contributed by atoms with Gasteiger partial charge in [-0.25, -0.2) is 0 Å². The zero-order valence-corrected chi connectivity index (χ0v) is 11.8. The molecular formula is C15H22N4O. The van der Waals surface area contributed by atoms with Crippen LogP contribution in [0.1, 0.15) is 41.7 Å². The molecule has 1 aliphatic carbocycles. The first-order chi connectivity index (χ1) is 9.74. The van der Waals surface area contributed by atoms with Crippen molar-refractivity contribution in [2.24, 2.45) is 17.6 Å². The molecular weight excluding hydrogens is 252 g/mol. The van der Waals surface area contributed by atoms with Gasteiger partial charge in [0.15, 0.2) is 0 Å². The van der Waals surface area contributed by atoms with Crippen LogP contribution in [0, 0.1) is 11.8 Å². The molecule has 1 saturated carbocycles. The Morgan fingerprint density at radius 3 is 3.05 bits per heavy atom. The van der Waals surface area contributed by atoms with Crippen molar-refractivity contribution in [3.63, 3.8) is 0 Å². The maximum atomic E-state index is 12.7. The van der Waals surface area contributed by atoms with Crippen LogP contribution >= 0.6 is 0 Å². The second-order valence-corrected chi connectivity index (χ2v) is 6.56. The average Bonchev–Trinajstić information content (AvgIpc) is 3.14. The average molecular weight is 274 g/mol. The van der Waals surface area contributed by atoms with Gasteiger partial charge < -0.3 is 10.6 Å². The molecule has 1 aromatic heterocycles. The summed E-state index contributed by atoms with van der Waals surface area (Å²) >= 11 is 0. The molecule has 0 bridgehead atoms. The highest BCUT2D eigenvalue weighted by Gasteiger charge is 2.43. The Hall–Kier alpha value is -1.36. The quantitative estimate of drug-likeness (QED) is 0.832. The van der Waals surface area contributed by atoms with E-state index in [0.717, 1.165) is 43.7 Å². The maximum Gasteiger partial charge on any atom is 0.257 e. The molecule has 2 fully saturated rings. The Labute approximate surface area is 119 Å². The van der Waals surface area contributed by atoms with Gasteiger partial charge in [-0.2, -0.15) is 5.10 Å². The first kappa shape index (κ1) is 12.4.